The van der Waals surface area contributed by atoms with Gasteiger partial charge >= 0.3 is 0 Å². The van der Waals surface area contributed by atoms with Crippen molar-refractivity contribution in [3.05, 3.63) is 65.9 Å². The summed E-state index contributed by atoms with van der Waals surface area (Å²) in [5.74, 6) is -0.681. The van der Waals surface area contributed by atoms with E-state index in [2.05, 4.69) is 15.6 Å². The number of benzene rings is 2. The predicted molar refractivity (Wildman–Crippen MR) is 113 cm³/mol. The topological polar surface area (TPSA) is 111 Å². The Morgan fingerprint density at radius 3 is 2.80 bits per heavy atom. The van der Waals surface area contributed by atoms with Gasteiger partial charge in [0.1, 0.15) is 0 Å². The summed E-state index contributed by atoms with van der Waals surface area (Å²) in [7, 11) is -3.84. The summed E-state index contributed by atoms with van der Waals surface area (Å²) in [6.07, 6.45) is 2.58. The highest BCUT2D eigenvalue weighted by molar-refractivity contribution is 7.89. The van der Waals surface area contributed by atoms with Gasteiger partial charge in [0.25, 0.3) is 5.91 Å². The molecule has 0 bridgehead atoms. The maximum absolute atomic E-state index is 12.8. The van der Waals surface area contributed by atoms with Crippen LogP contribution in [0.2, 0.25) is 0 Å². The number of carbonyl (C=O) groups excluding carboxylic acids is 2. The Hall–Kier alpha value is -3.17. The molecule has 30 heavy (non-hydrogen) atoms. The van der Waals surface area contributed by atoms with E-state index in [-0.39, 0.29) is 41.9 Å². The van der Waals surface area contributed by atoms with E-state index in [1.807, 2.05) is 30.5 Å². The number of aromatic nitrogens is 1. The summed E-state index contributed by atoms with van der Waals surface area (Å²) in [5, 5.41) is 6.56. The van der Waals surface area contributed by atoms with Gasteiger partial charge in [0.05, 0.1) is 11.4 Å². The number of amides is 2. The Morgan fingerprint density at radius 1 is 1.13 bits per heavy atom. The quantitative estimate of drug-likeness (QED) is 0.551. The zero-order valence-corrected chi connectivity index (χ0v) is 17.0. The number of para-hydroxylation sites is 1. The van der Waals surface area contributed by atoms with Crippen LogP contribution in [-0.4, -0.2) is 55.7 Å². The Kier molecular flexibility index (Phi) is 5.56. The molecule has 1 saturated heterocycles. The molecule has 3 aromatic rings. The molecule has 2 aromatic carbocycles. The van der Waals surface area contributed by atoms with E-state index in [4.69, 9.17) is 0 Å². The molecule has 9 heteroatoms. The number of carbonyl (C=O) groups is 2. The monoisotopic (exact) mass is 426 g/mol. The van der Waals surface area contributed by atoms with Crippen LogP contribution in [0.5, 0.6) is 0 Å². The molecule has 0 saturated carbocycles. The number of nitrogens with one attached hydrogen (secondary N) is 3. The first-order valence-corrected chi connectivity index (χ1v) is 11.1. The highest BCUT2D eigenvalue weighted by Crippen LogP contribution is 2.19. The number of aromatic amines is 1. The van der Waals surface area contributed by atoms with Crippen molar-refractivity contribution in [1.29, 1.82) is 0 Å². The van der Waals surface area contributed by atoms with Crippen molar-refractivity contribution in [1.82, 2.24) is 19.9 Å². The number of H-pyrrole nitrogens is 1. The Bertz CT molecular complexity index is 1200. The van der Waals surface area contributed by atoms with Gasteiger partial charge in [0.2, 0.25) is 15.9 Å². The molecule has 2 heterocycles. The lowest BCUT2D eigenvalue weighted by Crippen LogP contribution is -2.49. The van der Waals surface area contributed by atoms with Gasteiger partial charge in [-0.25, -0.2) is 8.42 Å². The molecule has 4 rings (SSSR count). The van der Waals surface area contributed by atoms with Crippen molar-refractivity contribution in [2.24, 2.45) is 0 Å². The Balaban J connectivity index is 1.43. The third-order valence-corrected chi connectivity index (χ3v) is 6.93. The van der Waals surface area contributed by atoms with Crippen LogP contribution >= 0.6 is 0 Å². The maximum atomic E-state index is 12.8. The molecule has 0 aliphatic carbocycles. The molecular weight excluding hydrogens is 404 g/mol. The molecule has 1 aliphatic heterocycles. The lowest BCUT2D eigenvalue weighted by atomic mass is 10.1. The summed E-state index contributed by atoms with van der Waals surface area (Å²) >= 11 is 0. The van der Waals surface area contributed by atoms with E-state index in [9.17, 15) is 18.0 Å². The van der Waals surface area contributed by atoms with Crippen LogP contribution in [0.3, 0.4) is 0 Å². The zero-order valence-electron chi connectivity index (χ0n) is 16.2. The maximum Gasteiger partial charge on any atom is 0.251 e. The number of fused-ring (bicyclic) bond motifs is 1. The van der Waals surface area contributed by atoms with Crippen LogP contribution < -0.4 is 10.6 Å². The molecule has 2 amide bonds. The zero-order chi connectivity index (χ0) is 21.1. The molecule has 1 aliphatic rings. The van der Waals surface area contributed by atoms with Crippen molar-refractivity contribution in [3.63, 3.8) is 0 Å². The van der Waals surface area contributed by atoms with Crippen molar-refractivity contribution in [2.45, 2.75) is 11.3 Å². The largest absolute Gasteiger partial charge is 0.361 e. The number of hydrogen-bond donors (Lipinski definition) is 3. The molecule has 0 radical (unpaired) electrons. The molecule has 156 valence electrons. The lowest BCUT2D eigenvalue weighted by Gasteiger charge is -2.26. The first-order chi connectivity index (χ1) is 14.4. The fourth-order valence-electron chi connectivity index (χ4n) is 3.52. The highest BCUT2D eigenvalue weighted by atomic mass is 32.2. The smallest absolute Gasteiger partial charge is 0.251 e. The van der Waals surface area contributed by atoms with Gasteiger partial charge in [-0.3, -0.25) is 9.59 Å². The number of hydrogen-bond acceptors (Lipinski definition) is 4. The first kappa shape index (κ1) is 20.1. The molecule has 0 spiro atoms. The summed E-state index contributed by atoms with van der Waals surface area (Å²) in [5.41, 5.74) is 2.41. The second kappa shape index (κ2) is 8.29. The molecule has 0 unspecified atom stereocenters. The highest BCUT2D eigenvalue weighted by Gasteiger charge is 2.29. The SMILES string of the molecule is O=C1CN(S(=O)(=O)c2cccc(C(=O)NCCc3c[nH]c4ccccc34)c2)CCN1. The molecule has 0 atom stereocenters. The third kappa shape index (κ3) is 4.07. The fraction of sp³-hybridized carbons (Fsp3) is 0.238. The van der Waals surface area contributed by atoms with Gasteiger partial charge in [-0.15, -0.1) is 0 Å². The number of piperazine rings is 1. The molecule has 1 aromatic heterocycles. The van der Waals surface area contributed by atoms with Crippen LogP contribution in [0.15, 0.2) is 59.6 Å². The Morgan fingerprint density at radius 2 is 1.97 bits per heavy atom. The molecule has 1 fully saturated rings. The van der Waals surface area contributed by atoms with Gasteiger partial charge < -0.3 is 15.6 Å². The van der Waals surface area contributed by atoms with E-state index >= 15 is 0 Å². The normalized spacial score (nSPS) is 15.1. The average Bonchev–Trinajstić information content (AvgIpc) is 3.17. The second-order valence-corrected chi connectivity index (χ2v) is 9.02. The van der Waals surface area contributed by atoms with Crippen molar-refractivity contribution >= 4 is 32.7 Å². The minimum atomic E-state index is -3.84. The van der Waals surface area contributed by atoms with Crippen LogP contribution in [-0.2, 0) is 21.2 Å². The lowest BCUT2D eigenvalue weighted by molar-refractivity contribution is -0.122. The van der Waals surface area contributed by atoms with Crippen LogP contribution in [0.25, 0.3) is 10.9 Å². The summed E-state index contributed by atoms with van der Waals surface area (Å²) in [6.45, 7) is 0.675. The second-order valence-electron chi connectivity index (χ2n) is 7.08. The molecule has 8 nitrogen and oxygen atoms in total. The van der Waals surface area contributed by atoms with Gasteiger partial charge in [0, 0.05) is 42.3 Å². The number of sulfonamides is 1. The first-order valence-electron chi connectivity index (χ1n) is 9.65. The van der Waals surface area contributed by atoms with E-state index in [0.717, 1.165) is 20.8 Å². The molecule has 3 N–H and O–H groups in total. The van der Waals surface area contributed by atoms with Crippen molar-refractivity contribution in [2.75, 3.05) is 26.2 Å². The standard InChI is InChI=1S/C21H22N4O4S/c26-20-14-25(11-10-22-20)30(28,29)17-5-3-4-15(12-17)21(27)23-9-8-16-13-24-19-7-2-1-6-18(16)19/h1-7,12-13,24H,8-11,14H2,(H,22,26)(H,23,27). The van der Waals surface area contributed by atoms with Gasteiger partial charge in [-0.2, -0.15) is 4.31 Å². The molecular formula is C21H22N4O4S. The van der Waals surface area contributed by atoms with E-state index < -0.39 is 10.0 Å². The summed E-state index contributed by atoms with van der Waals surface area (Å²) in [6, 6.07) is 13.8. The number of rotatable bonds is 6. The van der Waals surface area contributed by atoms with Crippen LogP contribution in [0.1, 0.15) is 15.9 Å². The van der Waals surface area contributed by atoms with Crippen LogP contribution in [0.4, 0.5) is 0 Å². The summed E-state index contributed by atoms with van der Waals surface area (Å²) < 4.78 is 26.7. The van der Waals surface area contributed by atoms with Gasteiger partial charge in [0.15, 0.2) is 0 Å². The minimum absolute atomic E-state index is 0.00137. The third-order valence-electron chi connectivity index (χ3n) is 5.09. The van der Waals surface area contributed by atoms with Crippen LogP contribution in [0, 0.1) is 0 Å². The van der Waals surface area contributed by atoms with E-state index in [0.29, 0.717) is 13.0 Å². The van der Waals surface area contributed by atoms with Crippen molar-refractivity contribution in [3.8, 4) is 0 Å². The Labute approximate surface area is 174 Å². The number of nitrogens with zero attached hydrogens (tertiary/aromatic N) is 1. The van der Waals surface area contributed by atoms with E-state index in [1.54, 1.807) is 6.07 Å². The minimum Gasteiger partial charge on any atom is -0.361 e. The predicted octanol–water partition coefficient (Wildman–Crippen LogP) is 1.26. The fourth-order valence-corrected chi connectivity index (χ4v) is 4.96. The van der Waals surface area contributed by atoms with Crippen molar-refractivity contribution < 1.29 is 18.0 Å². The average molecular weight is 426 g/mol. The van der Waals surface area contributed by atoms with Gasteiger partial charge in [-0.1, -0.05) is 24.3 Å². The van der Waals surface area contributed by atoms with E-state index in [1.165, 1.54) is 18.2 Å². The van der Waals surface area contributed by atoms with Gasteiger partial charge in [-0.05, 0) is 36.2 Å². The summed E-state index contributed by atoms with van der Waals surface area (Å²) in [4.78, 5) is 27.3.